The van der Waals surface area contributed by atoms with Crippen LogP contribution in [0.4, 0.5) is 5.69 Å². The fourth-order valence-electron chi connectivity index (χ4n) is 4.31. The molecule has 5 rings (SSSR count). The van der Waals surface area contributed by atoms with Crippen molar-refractivity contribution in [1.82, 2.24) is 10.2 Å². The fourth-order valence-corrected chi connectivity index (χ4v) is 5.63. The molecule has 2 aliphatic rings. The normalized spacial score (nSPS) is 18.6. The first-order valence-corrected chi connectivity index (χ1v) is 11.6. The van der Waals surface area contributed by atoms with E-state index >= 15 is 0 Å². The summed E-state index contributed by atoms with van der Waals surface area (Å²) < 4.78 is 29.1. The first-order valence-electron chi connectivity index (χ1n) is 10.1. The standard InChI is InChI=1S/C23H19N3O5S/c27-21-12-11-19(22(28)24-21)26-13-17-16(23(26)29)8-4-9-18(17)25-32(30,31)20-10-3-6-14-5-1-2-7-15(14)20/h1-10,19,25H,11-13H2,(H,24,27,28). The van der Waals surface area contributed by atoms with E-state index in [4.69, 9.17) is 0 Å². The third kappa shape index (κ3) is 3.31. The third-order valence-corrected chi connectivity index (χ3v) is 7.29. The van der Waals surface area contributed by atoms with E-state index in [0.717, 1.165) is 5.39 Å². The average molecular weight is 449 g/mol. The molecule has 3 aromatic rings. The van der Waals surface area contributed by atoms with Gasteiger partial charge in [-0.05, 0) is 30.0 Å². The summed E-state index contributed by atoms with van der Waals surface area (Å²) in [5, 5.41) is 3.65. The molecule has 0 aliphatic carbocycles. The van der Waals surface area contributed by atoms with Gasteiger partial charge < -0.3 is 4.90 Å². The Morgan fingerprint density at radius 1 is 0.938 bits per heavy atom. The molecular formula is C23H19N3O5S. The molecule has 2 heterocycles. The van der Waals surface area contributed by atoms with E-state index in [0.29, 0.717) is 22.2 Å². The number of carbonyl (C=O) groups excluding carboxylic acids is 3. The molecule has 0 bridgehead atoms. The summed E-state index contributed by atoms with van der Waals surface area (Å²) in [6.45, 7) is 0.0781. The summed E-state index contributed by atoms with van der Waals surface area (Å²) in [6.07, 6.45) is 0.387. The predicted molar refractivity (Wildman–Crippen MR) is 117 cm³/mol. The second kappa shape index (κ2) is 7.45. The first kappa shape index (κ1) is 20.2. The number of benzene rings is 3. The predicted octanol–water partition coefficient (Wildman–Crippen LogP) is 2.40. The number of imide groups is 1. The molecule has 1 fully saturated rings. The van der Waals surface area contributed by atoms with Crippen molar-refractivity contribution in [3.63, 3.8) is 0 Å². The van der Waals surface area contributed by atoms with Gasteiger partial charge in [-0.2, -0.15) is 0 Å². The Labute approximate surface area is 184 Å². The maximum atomic E-state index is 13.3. The van der Waals surface area contributed by atoms with Gasteiger partial charge in [0.1, 0.15) is 6.04 Å². The Balaban J connectivity index is 1.49. The van der Waals surface area contributed by atoms with Crippen LogP contribution in [0, 0.1) is 0 Å². The molecule has 0 saturated carbocycles. The average Bonchev–Trinajstić information content (AvgIpc) is 3.10. The van der Waals surface area contributed by atoms with E-state index < -0.39 is 22.0 Å². The van der Waals surface area contributed by atoms with Gasteiger partial charge >= 0.3 is 0 Å². The Bertz CT molecular complexity index is 1390. The summed E-state index contributed by atoms with van der Waals surface area (Å²) in [5.74, 6) is -1.24. The van der Waals surface area contributed by atoms with Gasteiger partial charge in [-0.1, -0.05) is 42.5 Å². The fraction of sp³-hybridized carbons (Fsp3) is 0.174. The van der Waals surface area contributed by atoms with Crippen LogP contribution < -0.4 is 10.0 Å². The summed E-state index contributed by atoms with van der Waals surface area (Å²) in [5.41, 5.74) is 1.14. The Morgan fingerprint density at radius 3 is 2.50 bits per heavy atom. The van der Waals surface area contributed by atoms with Crippen molar-refractivity contribution in [3.05, 3.63) is 71.8 Å². The van der Waals surface area contributed by atoms with Crippen LogP contribution in [-0.2, 0) is 26.2 Å². The Morgan fingerprint density at radius 2 is 1.69 bits per heavy atom. The minimum absolute atomic E-state index is 0.0781. The molecule has 0 spiro atoms. The van der Waals surface area contributed by atoms with Crippen LogP contribution in [-0.4, -0.2) is 37.1 Å². The van der Waals surface area contributed by atoms with Gasteiger partial charge in [0, 0.05) is 29.5 Å². The van der Waals surface area contributed by atoms with Crippen molar-refractivity contribution in [2.75, 3.05) is 4.72 Å². The van der Waals surface area contributed by atoms with Gasteiger partial charge in [-0.25, -0.2) is 8.42 Å². The second-order valence-corrected chi connectivity index (χ2v) is 9.47. The quantitative estimate of drug-likeness (QED) is 0.594. The largest absolute Gasteiger partial charge is 0.322 e. The van der Waals surface area contributed by atoms with Crippen LogP contribution in [0.1, 0.15) is 28.8 Å². The van der Waals surface area contributed by atoms with Gasteiger partial charge in [0.05, 0.1) is 10.6 Å². The van der Waals surface area contributed by atoms with Crippen molar-refractivity contribution in [3.8, 4) is 0 Å². The van der Waals surface area contributed by atoms with E-state index in [2.05, 4.69) is 10.0 Å². The number of sulfonamides is 1. The zero-order chi connectivity index (χ0) is 22.5. The minimum atomic E-state index is -3.94. The molecule has 1 unspecified atom stereocenters. The number of amides is 3. The summed E-state index contributed by atoms with van der Waals surface area (Å²) in [4.78, 5) is 38.2. The molecule has 162 valence electrons. The number of nitrogens with zero attached hydrogens (tertiary/aromatic N) is 1. The van der Waals surface area contributed by atoms with Crippen molar-refractivity contribution >= 4 is 44.2 Å². The number of rotatable bonds is 4. The van der Waals surface area contributed by atoms with Crippen molar-refractivity contribution < 1.29 is 22.8 Å². The summed E-state index contributed by atoms with van der Waals surface area (Å²) in [6, 6.07) is 16.3. The SMILES string of the molecule is O=C1CCC(N2Cc3c(NS(=O)(=O)c4cccc5ccccc45)cccc3C2=O)C(=O)N1. The maximum absolute atomic E-state index is 13.3. The van der Waals surface area contributed by atoms with Crippen LogP contribution >= 0.6 is 0 Å². The lowest BCUT2D eigenvalue weighted by atomic mass is 10.0. The number of piperidine rings is 1. The van der Waals surface area contributed by atoms with E-state index in [-0.39, 0.29) is 36.1 Å². The number of hydrogen-bond acceptors (Lipinski definition) is 5. The molecule has 32 heavy (non-hydrogen) atoms. The second-order valence-electron chi connectivity index (χ2n) is 7.81. The number of hydrogen-bond donors (Lipinski definition) is 2. The van der Waals surface area contributed by atoms with Gasteiger partial charge in [-0.15, -0.1) is 0 Å². The topological polar surface area (TPSA) is 113 Å². The highest BCUT2D eigenvalue weighted by molar-refractivity contribution is 7.93. The zero-order valence-electron chi connectivity index (χ0n) is 16.9. The highest BCUT2D eigenvalue weighted by atomic mass is 32.2. The van der Waals surface area contributed by atoms with Crippen LogP contribution in [0.5, 0.6) is 0 Å². The van der Waals surface area contributed by atoms with Crippen LogP contribution in [0.15, 0.2) is 65.6 Å². The van der Waals surface area contributed by atoms with E-state index in [1.165, 1.54) is 11.0 Å². The molecule has 1 saturated heterocycles. The minimum Gasteiger partial charge on any atom is -0.322 e. The lowest BCUT2D eigenvalue weighted by Crippen LogP contribution is -2.52. The number of nitrogens with one attached hydrogen (secondary N) is 2. The molecule has 3 amide bonds. The number of carbonyl (C=O) groups is 3. The van der Waals surface area contributed by atoms with Crippen molar-refractivity contribution in [1.29, 1.82) is 0 Å². The van der Waals surface area contributed by atoms with E-state index in [1.54, 1.807) is 36.4 Å². The molecule has 0 aromatic heterocycles. The third-order valence-electron chi connectivity index (χ3n) is 5.87. The molecule has 2 N–H and O–H groups in total. The zero-order valence-corrected chi connectivity index (χ0v) is 17.7. The van der Waals surface area contributed by atoms with Crippen LogP contribution in [0.3, 0.4) is 0 Å². The van der Waals surface area contributed by atoms with Crippen LogP contribution in [0.2, 0.25) is 0 Å². The molecule has 9 heteroatoms. The summed E-state index contributed by atoms with van der Waals surface area (Å²) in [7, 11) is -3.94. The molecule has 1 atom stereocenters. The van der Waals surface area contributed by atoms with Crippen molar-refractivity contribution in [2.45, 2.75) is 30.3 Å². The van der Waals surface area contributed by atoms with Gasteiger partial charge in [-0.3, -0.25) is 24.4 Å². The van der Waals surface area contributed by atoms with E-state index in [9.17, 15) is 22.8 Å². The van der Waals surface area contributed by atoms with Gasteiger partial charge in [0.25, 0.3) is 15.9 Å². The van der Waals surface area contributed by atoms with Crippen LogP contribution in [0.25, 0.3) is 10.8 Å². The molecular weight excluding hydrogens is 430 g/mol. The number of anilines is 1. The van der Waals surface area contributed by atoms with Gasteiger partial charge in [0.15, 0.2) is 0 Å². The van der Waals surface area contributed by atoms with Gasteiger partial charge in [0.2, 0.25) is 11.8 Å². The first-order chi connectivity index (χ1) is 15.3. The molecule has 8 nitrogen and oxygen atoms in total. The molecule has 3 aromatic carbocycles. The maximum Gasteiger partial charge on any atom is 0.262 e. The molecule has 2 aliphatic heterocycles. The van der Waals surface area contributed by atoms with E-state index in [1.807, 2.05) is 18.2 Å². The number of fused-ring (bicyclic) bond motifs is 2. The highest BCUT2D eigenvalue weighted by Crippen LogP contribution is 2.34. The van der Waals surface area contributed by atoms with Crippen molar-refractivity contribution in [2.24, 2.45) is 0 Å². The highest BCUT2D eigenvalue weighted by Gasteiger charge is 2.40. The molecule has 0 radical (unpaired) electrons. The Kier molecular flexibility index (Phi) is 4.70. The Hall–Kier alpha value is -3.72. The lowest BCUT2D eigenvalue weighted by Gasteiger charge is -2.29. The summed E-state index contributed by atoms with van der Waals surface area (Å²) >= 11 is 0. The smallest absolute Gasteiger partial charge is 0.262 e. The lowest BCUT2D eigenvalue weighted by molar-refractivity contribution is -0.136. The monoisotopic (exact) mass is 449 g/mol.